The molecule has 4 nitrogen and oxygen atoms in total. The van der Waals surface area contributed by atoms with Crippen molar-refractivity contribution in [3.8, 4) is 0 Å². The summed E-state index contributed by atoms with van der Waals surface area (Å²) in [4.78, 5) is 22.0. The first-order valence-electron chi connectivity index (χ1n) is 4.35. The molecule has 0 aliphatic heterocycles. The Labute approximate surface area is 79.8 Å². The molecule has 0 fully saturated rings. The highest BCUT2D eigenvalue weighted by Gasteiger charge is 2.10. The lowest BCUT2D eigenvalue weighted by molar-refractivity contribution is 0.112. The van der Waals surface area contributed by atoms with E-state index in [1.807, 2.05) is 6.92 Å². The molecule has 2 rings (SSSR count). The molecule has 0 spiro atoms. The van der Waals surface area contributed by atoms with Gasteiger partial charge in [0.05, 0.1) is 11.1 Å². The van der Waals surface area contributed by atoms with Crippen molar-refractivity contribution in [2.24, 2.45) is 0 Å². The molecule has 0 aliphatic carbocycles. The molecular weight excluding hydrogens is 182 g/mol. The van der Waals surface area contributed by atoms with Crippen LogP contribution in [0.1, 0.15) is 17.3 Å². The van der Waals surface area contributed by atoms with E-state index in [2.05, 4.69) is 0 Å². The highest BCUT2D eigenvalue weighted by molar-refractivity contribution is 5.92. The molecule has 1 aromatic carbocycles. The van der Waals surface area contributed by atoms with Crippen molar-refractivity contribution in [3.63, 3.8) is 0 Å². The second-order valence-corrected chi connectivity index (χ2v) is 2.93. The van der Waals surface area contributed by atoms with Gasteiger partial charge in [-0.05, 0) is 19.1 Å². The van der Waals surface area contributed by atoms with Crippen LogP contribution in [0, 0.1) is 0 Å². The summed E-state index contributed by atoms with van der Waals surface area (Å²) in [5.41, 5.74) is 1.45. The number of rotatable bonds is 2. The number of nitrogens with zero attached hydrogens (tertiary/aromatic N) is 1. The summed E-state index contributed by atoms with van der Waals surface area (Å²) in [6.45, 7) is 2.39. The predicted octanol–water partition coefficient (Wildman–Crippen LogP) is 1.43. The van der Waals surface area contributed by atoms with Gasteiger partial charge in [0.15, 0.2) is 11.9 Å². The van der Waals surface area contributed by atoms with Crippen molar-refractivity contribution in [2.45, 2.75) is 13.5 Å². The molecule has 1 aromatic heterocycles. The molecule has 2 aromatic rings. The van der Waals surface area contributed by atoms with Crippen LogP contribution in [0.15, 0.2) is 27.4 Å². The summed E-state index contributed by atoms with van der Waals surface area (Å²) in [7, 11) is 0. The van der Waals surface area contributed by atoms with Crippen LogP contribution in [-0.4, -0.2) is 10.9 Å². The fourth-order valence-electron chi connectivity index (χ4n) is 1.50. The molecule has 0 saturated carbocycles. The van der Waals surface area contributed by atoms with E-state index in [1.165, 1.54) is 4.57 Å². The molecule has 4 heteroatoms. The lowest BCUT2D eigenvalue weighted by Gasteiger charge is -1.95. The first kappa shape index (κ1) is 8.74. The molecule has 14 heavy (non-hydrogen) atoms. The van der Waals surface area contributed by atoms with E-state index in [1.54, 1.807) is 18.2 Å². The zero-order chi connectivity index (χ0) is 10.1. The number of carbonyl (C=O) groups is 1. The van der Waals surface area contributed by atoms with E-state index < -0.39 is 5.76 Å². The molecule has 1 heterocycles. The van der Waals surface area contributed by atoms with Gasteiger partial charge in [-0.25, -0.2) is 4.79 Å². The summed E-state index contributed by atoms with van der Waals surface area (Å²) in [6, 6.07) is 5.11. The Hall–Kier alpha value is -1.84. The Kier molecular flexibility index (Phi) is 1.96. The van der Waals surface area contributed by atoms with Crippen molar-refractivity contribution in [2.75, 3.05) is 0 Å². The fraction of sp³-hybridized carbons (Fsp3) is 0.200. The molecule has 0 radical (unpaired) electrons. The van der Waals surface area contributed by atoms with Gasteiger partial charge in [0.2, 0.25) is 0 Å². The number of fused-ring (bicyclic) bond motifs is 1. The third kappa shape index (κ3) is 1.08. The van der Waals surface area contributed by atoms with Crippen LogP contribution in [0.4, 0.5) is 0 Å². The minimum Gasteiger partial charge on any atom is -0.407 e. The van der Waals surface area contributed by atoms with Crippen LogP contribution >= 0.6 is 0 Å². The van der Waals surface area contributed by atoms with Gasteiger partial charge >= 0.3 is 5.76 Å². The van der Waals surface area contributed by atoms with E-state index in [0.717, 1.165) is 0 Å². The number of hydrogen-bond acceptors (Lipinski definition) is 3. The van der Waals surface area contributed by atoms with Gasteiger partial charge in [-0.15, -0.1) is 0 Å². The molecule has 72 valence electrons. The number of hydrogen-bond donors (Lipinski definition) is 0. The highest BCUT2D eigenvalue weighted by Crippen LogP contribution is 2.15. The average molecular weight is 191 g/mol. The third-order valence-corrected chi connectivity index (χ3v) is 2.17. The fourth-order valence-corrected chi connectivity index (χ4v) is 1.50. The Morgan fingerprint density at radius 3 is 2.93 bits per heavy atom. The number of benzene rings is 1. The number of aryl methyl sites for hydroxylation is 1. The van der Waals surface area contributed by atoms with E-state index in [-0.39, 0.29) is 0 Å². The van der Waals surface area contributed by atoms with E-state index in [9.17, 15) is 9.59 Å². The van der Waals surface area contributed by atoms with E-state index >= 15 is 0 Å². The molecule has 0 unspecified atom stereocenters. The normalized spacial score (nSPS) is 10.6. The van der Waals surface area contributed by atoms with Gasteiger partial charge in [0.25, 0.3) is 0 Å². The van der Waals surface area contributed by atoms with Crippen molar-refractivity contribution in [1.29, 1.82) is 0 Å². The minimum atomic E-state index is -0.420. The van der Waals surface area contributed by atoms with Gasteiger partial charge in [0, 0.05) is 6.54 Å². The van der Waals surface area contributed by atoms with Crippen LogP contribution in [-0.2, 0) is 6.54 Å². The van der Waals surface area contributed by atoms with E-state index in [0.29, 0.717) is 29.5 Å². The Balaban J connectivity index is 2.92. The quantitative estimate of drug-likeness (QED) is 0.674. The smallest absolute Gasteiger partial charge is 0.407 e. The second-order valence-electron chi connectivity index (χ2n) is 2.93. The molecular formula is C10H9NO3. The number of aldehydes is 1. The summed E-state index contributed by atoms with van der Waals surface area (Å²) in [5, 5.41) is 0. The van der Waals surface area contributed by atoms with Gasteiger partial charge in [-0.3, -0.25) is 9.36 Å². The first-order chi connectivity index (χ1) is 6.77. The molecule has 0 N–H and O–H groups in total. The number of oxazole rings is 1. The van der Waals surface area contributed by atoms with Crippen molar-refractivity contribution < 1.29 is 9.21 Å². The van der Waals surface area contributed by atoms with Crippen LogP contribution < -0.4 is 5.76 Å². The zero-order valence-corrected chi connectivity index (χ0v) is 7.69. The first-order valence-corrected chi connectivity index (χ1v) is 4.35. The third-order valence-electron chi connectivity index (χ3n) is 2.17. The summed E-state index contributed by atoms with van der Waals surface area (Å²) in [6.07, 6.45) is 0.686. The lowest BCUT2D eigenvalue weighted by atomic mass is 10.2. The number of aromatic nitrogens is 1. The van der Waals surface area contributed by atoms with Gasteiger partial charge in [0.1, 0.15) is 0 Å². The molecule has 0 amide bonds. The Morgan fingerprint density at radius 1 is 1.50 bits per heavy atom. The summed E-state index contributed by atoms with van der Waals surface area (Å²) < 4.78 is 6.48. The maximum Gasteiger partial charge on any atom is 0.419 e. The van der Waals surface area contributed by atoms with Crippen LogP contribution in [0.3, 0.4) is 0 Å². The number of para-hydroxylation sites is 1. The largest absolute Gasteiger partial charge is 0.419 e. The zero-order valence-electron chi connectivity index (χ0n) is 7.69. The van der Waals surface area contributed by atoms with Crippen LogP contribution in [0.25, 0.3) is 11.1 Å². The standard InChI is InChI=1S/C10H9NO3/c1-2-11-8-5-3-4-7(6-12)9(8)14-10(11)13/h3-6H,2H2,1H3. The van der Waals surface area contributed by atoms with Crippen molar-refractivity contribution >= 4 is 17.4 Å². The highest BCUT2D eigenvalue weighted by atomic mass is 16.4. The lowest BCUT2D eigenvalue weighted by Crippen LogP contribution is -2.11. The molecule has 0 saturated heterocycles. The molecule has 0 bridgehead atoms. The van der Waals surface area contributed by atoms with Crippen molar-refractivity contribution in [3.05, 3.63) is 34.3 Å². The van der Waals surface area contributed by atoms with Gasteiger partial charge < -0.3 is 4.42 Å². The Morgan fingerprint density at radius 2 is 2.29 bits per heavy atom. The SMILES string of the molecule is CCn1c(=O)oc2c(C=O)cccc21. The minimum absolute atomic E-state index is 0.370. The van der Waals surface area contributed by atoms with Crippen molar-refractivity contribution in [1.82, 2.24) is 4.57 Å². The topological polar surface area (TPSA) is 52.2 Å². The van der Waals surface area contributed by atoms with Gasteiger partial charge in [-0.1, -0.05) is 6.07 Å². The monoisotopic (exact) mass is 191 g/mol. The maximum atomic E-state index is 11.3. The second kappa shape index (κ2) is 3.14. The maximum absolute atomic E-state index is 11.3. The molecule has 0 atom stereocenters. The molecule has 0 aliphatic rings. The Bertz CT molecular complexity index is 536. The van der Waals surface area contributed by atoms with E-state index in [4.69, 9.17) is 4.42 Å². The number of carbonyl (C=O) groups excluding carboxylic acids is 1. The van der Waals surface area contributed by atoms with Gasteiger partial charge in [-0.2, -0.15) is 0 Å². The summed E-state index contributed by atoms with van der Waals surface area (Å²) >= 11 is 0. The average Bonchev–Trinajstić information content (AvgIpc) is 2.52. The van der Waals surface area contributed by atoms with Crippen LogP contribution in [0.2, 0.25) is 0 Å². The summed E-state index contributed by atoms with van der Waals surface area (Å²) in [5.74, 6) is -0.420. The van der Waals surface area contributed by atoms with Crippen LogP contribution in [0.5, 0.6) is 0 Å². The predicted molar refractivity (Wildman–Crippen MR) is 51.5 cm³/mol.